The average Bonchev–Trinajstić information content (AvgIpc) is 2.46. The number of methoxy groups -OCH3 is 1. The molecule has 2 rings (SSSR count). The van der Waals surface area contributed by atoms with Crippen LogP contribution in [-0.2, 0) is 4.79 Å². The van der Waals surface area contributed by atoms with E-state index in [1.807, 2.05) is 0 Å². The predicted molar refractivity (Wildman–Crippen MR) is 77.2 cm³/mol. The van der Waals surface area contributed by atoms with Crippen LogP contribution in [0.4, 0.5) is 17.6 Å². The number of carboxylic acid groups (broad SMARTS) is 1. The molecule has 0 saturated carbocycles. The van der Waals surface area contributed by atoms with E-state index in [9.17, 15) is 4.79 Å². The van der Waals surface area contributed by atoms with Crippen molar-refractivity contribution in [2.24, 2.45) is 0 Å². The molecular weight excluding hydrogens is 274 g/mol. The monoisotopic (exact) mass is 287 g/mol. The van der Waals surface area contributed by atoms with Gasteiger partial charge in [0.05, 0.1) is 7.11 Å². The molecular formula is C13H13N5O3. The van der Waals surface area contributed by atoms with Crippen LogP contribution in [0, 0.1) is 0 Å². The molecule has 0 aliphatic rings. The molecule has 4 N–H and O–H groups in total. The summed E-state index contributed by atoms with van der Waals surface area (Å²) >= 11 is 0. The molecule has 108 valence electrons. The van der Waals surface area contributed by atoms with Crippen molar-refractivity contribution in [3.63, 3.8) is 0 Å². The highest BCUT2D eigenvalue weighted by atomic mass is 16.5. The molecule has 1 aromatic carbocycles. The topological polar surface area (TPSA) is 123 Å². The Kier molecular flexibility index (Phi) is 4.30. The van der Waals surface area contributed by atoms with Crippen LogP contribution >= 0.6 is 0 Å². The molecule has 0 radical (unpaired) electrons. The van der Waals surface area contributed by atoms with Crippen molar-refractivity contribution >= 4 is 29.6 Å². The summed E-state index contributed by atoms with van der Waals surface area (Å²) in [5.41, 5.74) is 7.01. The minimum Gasteiger partial charge on any atom is -0.478 e. The summed E-state index contributed by atoms with van der Waals surface area (Å²) in [5.74, 6) is -0.691. The Bertz CT molecular complexity index is 670. The van der Waals surface area contributed by atoms with Gasteiger partial charge in [0.1, 0.15) is 0 Å². The number of nitrogens with zero attached hydrogens (tertiary/aromatic N) is 3. The van der Waals surface area contributed by atoms with E-state index in [2.05, 4.69) is 20.3 Å². The van der Waals surface area contributed by atoms with Crippen LogP contribution in [0.3, 0.4) is 0 Å². The molecule has 1 aromatic heterocycles. The van der Waals surface area contributed by atoms with Gasteiger partial charge in [-0.3, -0.25) is 0 Å². The van der Waals surface area contributed by atoms with E-state index in [1.54, 1.807) is 24.3 Å². The third-order valence-corrected chi connectivity index (χ3v) is 2.40. The number of aromatic nitrogens is 3. The van der Waals surface area contributed by atoms with Crippen molar-refractivity contribution in [1.29, 1.82) is 0 Å². The summed E-state index contributed by atoms with van der Waals surface area (Å²) in [6, 6.07) is 7.14. The summed E-state index contributed by atoms with van der Waals surface area (Å²) in [6.45, 7) is 0. The third-order valence-electron chi connectivity index (χ3n) is 2.40. The summed E-state index contributed by atoms with van der Waals surface area (Å²) < 4.78 is 4.90. The van der Waals surface area contributed by atoms with Gasteiger partial charge in [-0.05, 0) is 23.8 Å². The lowest BCUT2D eigenvalue weighted by Crippen LogP contribution is -2.05. The first-order valence-corrected chi connectivity index (χ1v) is 5.90. The van der Waals surface area contributed by atoms with Crippen LogP contribution in [0.1, 0.15) is 5.56 Å². The maximum atomic E-state index is 10.4. The highest BCUT2D eigenvalue weighted by molar-refractivity contribution is 5.85. The van der Waals surface area contributed by atoms with Crippen LogP contribution < -0.4 is 15.8 Å². The molecule has 0 aliphatic heterocycles. The molecule has 8 nitrogen and oxygen atoms in total. The number of ether oxygens (including phenoxy) is 1. The summed E-state index contributed by atoms with van der Waals surface area (Å²) in [5, 5.41) is 11.5. The minimum absolute atomic E-state index is 0.0466. The van der Waals surface area contributed by atoms with Crippen molar-refractivity contribution in [3.8, 4) is 6.01 Å². The fraction of sp³-hybridized carbons (Fsp3) is 0.0769. The van der Waals surface area contributed by atoms with E-state index in [0.717, 1.165) is 17.3 Å². The second-order valence-electron chi connectivity index (χ2n) is 3.92. The second-order valence-corrected chi connectivity index (χ2v) is 3.92. The summed E-state index contributed by atoms with van der Waals surface area (Å²) in [6.07, 6.45) is 2.57. The smallest absolute Gasteiger partial charge is 0.328 e. The highest BCUT2D eigenvalue weighted by Gasteiger charge is 2.04. The van der Waals surface area contributed by atoms with Crippen molar-refractivity contribution in [2.45, 2.75) is 0 Å². The Morgan fingerprint density at radius 3 is 2.62 bits per heavy atom. The zero-order chi connectivity index (χ0) is 15.2. The fourth-order valence-corrected chi connectivity index (χ4v) is 1.49. The number of nitrogen functional groups attached to an aromatic ring is 1. The average molecular weight is 287 g/mol. The van der Waals surface area contributed by atoms with Gasteiger partial charge in [-0.15, -0.1) is 0 Å². The lowest BCUT2D eigenvalue weighted by Gasteiger charge is -2.06. The maximum absolute atomic E-state index is 10.4. The molecule has 2 aromatic rings. The third kappa shape index (κ3) is 4.16. The van der Waals surface area contributed by atoms with E-state index in [4.69, 9.17) is 15.6 Å². The Balaban J connectivity index is 2.13. The first-order chi connectivity index (χ1) is 10.1. The van der Waals surface area contributed by atoms with Crippen LogP contribution in [0.5, 0.6) is 6.01 Å². The number of nitrogens with one attached hydrogen (secondary N) is 1. The number of nitrogens with two attached hydrogens (primary N) is 1. The van der Waals surface area contributed by atoms with Crippen LogP contribution in [0.2, 0.25) is 0 Å². The lowest BCUT2D eigenvalue weighted by atomic mass is 10.2. The van der Waals surface area contributed by atoms with Crippen molar-refractivity contribution in [1.82, 2.24) is 15.0 Å². The molecule has 0 amide bonds. The van der Waals surface area contributed by atoms with Gasteiger partial charge < -0.3 is 20.9 Å². The van der Waals surface area contributed by atoms with Gasteiger partial charge in [-0.2, -0.15) is 15.0 Å². The molecule has 0 unspecified atom stereocenters. The number of rotatable bonds is 5. The van der Waals surface area contributed by atoms with Crippen molar-refractivity contribution in [3.05, 3.63) is 35.9 Å². The van der Waals surface area contributed by atoms with Crippen molar-refractivity contribution < 1.29 is 14.6 Å². The summed E-state index contributed by atoms with van der Waals surface area (Å²) in [7, 11) is 1.43. The van der Waals surface area contributed by atoms with Gasteiger partial charge in [0.2, 0.25) is 11.9 Å². The van der Waals surface area contributed by atoms with Crippen LogP contribution in [0.25, 0.3) is 6.08 Å². The first-order valence-electron chi connectivity index (χ1n) is 5.90. The standard InChI is InChI=1S/C13H13N5O3/c1-21-13-17-11(14)16-12(18-13)15-9-5-2-8(3-6-9)4-7-10(19)20/h2-7H,1H3,(H,19,20)(H3,14,15,16,17,18)/b7-4+. The number of carboxylic acids is 1. The Labute approximate surface area is 120 Å². The Morgan fingerprint density at radius 2 is 2.00 bits per heavy atom. The van der Waals surface area contributed by atoms with E-state index in [0.29, 0.717) is 0 Å². The number of carbonyl (C=O) groups is 1. The van der Waals surface area contributed by atoms with Gasteiger partial charge in [-0.1, -0.05) is 12.1 Å². The van der Waals surface area contributed by atoms with Crippen LogP contribution in [0.15, 0.2) is 30.3 Å². The fourth-order valence-electron chi connectivity index (χ4n) is 1.49. The second kappa shape index (κ2) is 6.33. The number of benzene rings is 1. The van der Waals surface area contributed by atoms with E-state index in [-0.39, 0.29) is 17.9 Å². The van der Waals surface area contributed by atoms with Gasteiger partial charge in [-0.25, -0.2) is 4.79 Å². The van der Waals surface area contributed by atoms with Gasteiger partial charge in [0.15, 0.2) is 0 Å². The van der Waals surface area contributed by atoms with Gasteiger partial charge in [0, 0.05) is 11.8 Å². The normalized spacial score (nSPS) is 10.5. The van der Waals surface area contributed by atoms with E-state index < -0.39 is 5.97 Å². The molecule has 21 heavy (non-hydrogen) atoms. The van der Waals surface area contributed by atoms with E-state index >= 15 is 0 Å². The van der Waals surface area contributed by atoms with Gasteiger partial charge in [0.25, 0.3) is 0 Å². The lowest BCUT2D eigenvalue weighted by molar-refractivity contribution is -0.131. The summed E-state index contributed by atoms with van der Waals surface area (Å²) in [4.78, 5) is 22.1. The number of anilines is 3. The minimum atomic E-state index is -0.995. The van der Waals surface area contributed by atoms with Gasteiger partial charge >= 0.3 is 12.0 Å². The highest BCUT2D eigenvalue weighted by Crippen LogP contribution is 2.16. The molecule has 0 spiro atoms. The SMILES string of the molecule is COc1nc(N)nc(Nc2ccc(/C=C/C(=O)O)cc2)n1. The molecule has 1 heterocycles. The predicted octanol–water partition coefficient (Wildman–Crippen LogP) is 1.30. The zero-order valence-corrected chi connectivity index (χ0v) is 11.1. The molecule has 0 atom stereocenters. The number of hydrogen-bond donors (Lipinski definition) is 3. The molecule has 0 aliphatic carbocycles. The Morgan fingerprint density at radius 1 is 1.29 bits per heavy atom. The molecule has 0 fully saturated rings. The Hall–Kier alpha value is -3.16. The molecule has 8 heteroatoms. The quantitative estimate of drug-likeness (QED) is 0.703. The molecule has 0 bridgehead atoms. The van der Waals surface area contributed by atoms with Crippen LogP contribution in [-0.4, -0.2) is 33.1 Å². The number of hydrogen-bond acceptors (Lipinski definition) is 7. The van der Waals surface area contributed by atoms with Crippen molar-refractivity contribution in [2.75, 3.05) is 18.2 Å². The maximum Gasteiger partial charge on any atom is 0.328 e. The largest absolute Gasteiger partial charge is 0.478 e. The number of aliphatic carboxylic acids is 1. The zero-order valence-electron chi connectivity index (χ0n) is 11.1. The first kappa shape index (κ1) is 14.3. The molecule has 0 saturated heterocycles. The van der Waals surface area contributed by atoms with E-state index in [1.165, 1.54) is 13.2 Å².